The topological polar surface area (TPSA) is 99.2 Å². The molecular weight excluding hydrogens is 476 g/mol. The number of anilines is 1. The number of hydrogen-bond acceptors (Lipinski definition) is 7. The number of nitrogens with one attached hydrogen (secondary N) is 1. The third-order valence-corrected chi connectivity index (χ3v) is 6.05. The van der Waals surface area contributed by atoms with Gasteiger partial charge in [0, 0.05) is 11.9 Å². The Morgan fingerprint density at radius 1 is 1.24 bits per heavy atom. The molecule has 4 aromatic rings. The van der Waals surface area contributed by atoms with E-state index in [1.54, 1.807) is 19.1 Å². The Balaban J connectivity index is 1.48. The molecule has 0 aliphatic heterocycles. The Morgan fingerprint density at radius 3 is 2.82 bits per heavy atom. The van der Waals surface area contributed by atoms with Crippen molar-refractivity contribution < 1.29 is 18.7 Å². The number of amides is 1. The first-order valence-corrected chi connectivity index (χ1v) is 11.8. The lowest BCUT2D eigenvalue weighted by Crippen LogP contribution is -2.16. The van der Waals surface area contributed by atoms with Gasteiger partial charge in [0.25, 0.3) is 0 Å². The number of halogens is 1. The van der Waals surface area contributed by atoms with Crippen molar-refractivity contribution in [3.8, 4) is 11.6 Å². The highest BCUT2D eigenvalue weighted by molar-refractivity contribution is 7.99. The van der Waals surface area contributed by atoms with E-state index in [-0.39, 0.29) is 18.3 Å². The number of allylic oxidation sites excluding steroid dienone is 1. The molecule has 174 valence electrons. The van der Waals surface area contributed by atoms with Crippen LogP contribution in [-0.4, -0.2) is 39.0 Å². The summed E-state index contributed by atoms with van der Waals surface area (Å²) in [6.07, 6.45) is 1.72. The zero-order valence-corrected chi connectivity index (χ0v) is 19.9. The standard InChI is InChI=1S/C24H21ClN4O4S/c1-3-11-29-22(20-13-15-7-5-6-8-19(15)33-20)27-28-24(29)34-14-21(30)26-18-12-16(9-10-17(18)25)23(31)32-4-2/h3,5-10,12-13H,1,4,11,14H2,2H3,(H,26,30). The highest BCUT2D eigenvalue weighted by atomic mass is 35.5. The Kier molecular flexibility index (Phi) is 7.34. The zero-order valence-electron chi connectivity index (χ0n) is 18.3. The van der Waals surface area contributed by atoms with E-state index in [0.717, 1.165) is 11.0 Å². The lowest BCUT2D eigenvalue weighted by Gasteiger charge is -2.10. The van der Waals surface area contributed by atoms with Crippen molar-refractivity contribution >= 4 is 51.9 Å². The number of fused-ring (bicyclic) bond motifs is 1. The molecule has 0 spiro atoms. The van der Waals surface area contributed by atoms with Crippen molar-refractivity contribution in [1.82, 2.24) is 14.8 Å². The molecular formula is C24H21ClN4O4S. The molecule has 0 atom stereocenters. The first kappa shape index (κ1) is 23.6. The number of hydrogen-bond donors (Lipinski definition) is 1. The van der Waals surface area contributed by atoms with E-state index in [4.69, 9.17) is 20.8 Å². The molecule has 1 N–H and O–H groups in total. The largest absolute Gasteiger partial charge is 0.462 e. The van der Waals surface area contributed by atoms with Gasteiger partial charge in [0.15, 0.2) is 10.9 Å². The van der Waals surface area contributed by atoms with Gasteiger partial charge in [-0.25, -0.2) is 4.79 Å². The number of thioether (sulfide) groups is 1. The minimum Gasteiger partial charge on any atom is -0.462 e. The molecule has 0 bridgehead atoms. The third kappa shape index (κ3) is 5.16. The predicted octanol–water partition coefficient (Wildman–Crippen LogP) is 5.44. The van der Waals surface area contributed by atoms with Crippen LogP contribution in [0.5, 0.6) is 0 Å². The summed E-state index contributed by atoms with van der Waals surface area (Å²) in [5.74, 6) is 0.375. The molecule has 2 aromatic carbocycles. The third-order valence-electron chi connectivity index (χ3n) is 4.76. The number of benzene rings is 2. The van der Waals surface area contributed by atoms with Gasteiger partial charge in [0.1, 0.15) is 5.58 Å². The van der Waals surface area contributed by atoms with Gasteiger partial charge in [-0.05, 0) is 37.3 Å². The number of furan rings is 1. The summed E-state index contributed by atoms with van der Waals surface area (Å²) < 4.78 is 12.7. The number of aromatic nitrogens is 3. The molecule has 10 heteroatoms. The van der Waals surface area contributed by atoms with E-state index in [1.165, 1.54) is 23.9 Å². The smallest absolute Gasteiger partial charge is 0.338 e. The lowest BCUT2D eigenvalue weighted by atomic mass is 10.2. The predicted molar refractivity (Wildman–Crippen MR) is 132 cm³/mol. The van der Waals surface area contributed by atoms with E-state index < -0.39 is 5.97 Å². The quantitative estimate of drug-likeness (QED) is 0.187. The van der Waals surface area contributed by atoms with Crippen molar-refractivity contribution in [2.75, 3.05) is 17.7 Å². The van der Waals surface area contributed by atoms with E-state index in [9.17, 15) is 9.59 Å². The average molecular weight is 497 g/mol. The number of carbonyl (C=O) groups is 2. The molecule has 4 rings (SSSR count). The number of nitrogens with zero attached hydrogens (tertiary/aromatic N) is 3. The van der Waals surface area contributed by atoms with E-state index >= 15 is 0 Å². The minimum atomic E-state index is -0.486. The molecule has 1 amide bonds. The zero-order chi connectivity index (χ0) is 24.1. The summed E-state index contributed by atoms with van der Waals surface area (Å²) in [5, 5.41) is 13.0. The highest BCUT2D eigenvalue weighted by Crippen LogP contribution is 2.30. The van der Waals surface area contributed by atoms with Crippen LogP contribution in [0.15, 0.2) is 70.8 Å². The Bertz CT molecular complexity index is 1330. The van der Waals surface area contributed by atoms with E-state index in [2.05, 4.69) is 22.1 Å². The first-order chi connectivity index (χ1) is 16.5. The second-order valence-electron chi connectivity index (χ2n) is 7.11. The molecule has 34 heavy (non-hydrogen) atoms. The van der Waals surface area contributed by atoms with Crippen molar-refractivity contribution in [3.63, 3.8) is 0 Å². The Hall–Kier alpha value is -3.56. The molecule has 2 aromatic heterocycles. The van der Waals surface area contributed by atoms with Gasteiger partial charge in [-0.3, -0.25) is 9.36 Å². The van der Waals surface area contributed by atoms with Gasteiger partial charge >= 0.3 is 5.97 Å². The van der Waals surface area contributed by atoms with Crippen molar-refractivity contribution in [2.45, 2.75) is 18.6 Å². The fourth-order valence-corrected chi connectivity index (χ4v) is 4.15. The van der Waals surface area contributed by atoms with Gasteiger partial charge in [-0.1, -0.05) is 47.6 Å². The monoisotopic (exact) mass is 496 g/mol. The summed E-state index contributed by atoms with van der Waals surface area (Å²) >= 11 is 7.40. The average Bonchev–Trinajstić information content (AvgIpc) is 3.43. The van der Waals surface area contributed by atoms with Gasteiger partial charge < -0.3 is 14.5 Å². The molecule has 0 unspecified atom stereocenters. The van der Waals surface area contributed by atoms with Crippen LogP contribution in [0.25, 0.3) is 22.6 Å². The molecule has 2 heterocycles. The molecule has 8 nitrogen and oxygen atoms in total. The van der Waals surface area contributed by atoms with Crippen LogP contribution < -0.4 is 5.32 Å². The van der Waals surface area contributed by atoms with Crippen molar-refractivity contribution in [1.29, 1.82) is 0 Å². The maximum Gasteiger partial charge on any atom is 0.338 e. The van der Waals surface area contributed by atoms with Gasteiger partial charge in [0.05, 0.1) is 28.6 Å². The van der Waals surface area contributed by atoms with Crippen molar-refractivity contribution in [3.05, 3.63) is 71.8 Å². The molecule has 0 radical (unpaired) electrons. The molecule has 0 saturated heterocycles. The maximum absolute atomic E-state index is 12.6. The Labute approximate surface area is 204 Å². The molecule has 0 fully saturated rings. The van der Waals surface area contributed by atoms with Crippen LogP contribution in [0.2, 0.25) is 5.02 Å². The van der Waals surface area contributed by atoms with Crippen LogP contribution >= 0.6 is 23.4 Å². The van der Waals surface area contributed by atoms with Crippen LogP contribution in [0.4, 0.5) is 5.69 Å². The minimum absolute atomic E-state index is 0.0510. The molecule has 0 saturated carbocycles. The Morgan fingerprint density at radius 2 is 2.06 bits per heavy atom. The first-order valence-electron chi connectivity index (χ1n) is 10.4. The van der Waals surface area contributed by atoms with Gasteiger partial charge in [-0.15, -0.1) is 16.8 Å². The van der Waals surface area contributed by atoms with E-state index in [0.29, 0.717) is 39.6 Å². The summed E-state index contributed by atoms with van der Waals surface area (Å²) in [6, 6.07) is 14.2. The molecule has 0 aliphatic rings. The lowest BCUT2D eigenvalue weighted by molar-refractivity contribution is -0.113. The van der Waals surface area contributed by atoms with Gasteiger partial charge in [0.2, 0.25) is 11.7 Å². The fourth-order valence-electron chi connectivity index (χ4n) is 3.24. The normalized spacial score (nSPS) is 10.9. The van der Waals surface area contributed by atoms with Crippen LogP contribution in [0.1, 0.15) is 17.3 Å². The molecule has 0 aliphatic carbocycles. The summed E-state index contributed by atoms with van der Waals surface area (Å²) in [7, 11) is 0. The summed E-state index contributed by atoms with van der Waals surface area (Å²) in [4.78, 5) is 24.6. The highest BCUT2D eigenvalue weighted by Gasteiger charge is 2.19. The maximum atomic E-state index is 12.6. The fraction of sp³-hybridized carbons (Fsp3) is 0.167. The second-order valence-corrected chi connectivity index (χ2v) is 8.46. The summed E-state index contributed by atoms with van der Waals surface area (Å²) in [5.41, 5.74) is 1.38. The number of para-hydroxylation sites is 1. The van der Waals surface area contributed by atoms with Crippen molar-refractivity contribution in [2.24, 2.45) is 0 Å². The van der Waals surface area contributed by atoms with Crippen LogP contribution in [-0.2, 0) is 16.1 Å². The second kappa shape index (κ2) is 10.6. The van der Waals surface area contributed by atoms with E-state index in [1.807, 2.05) is 34.9 Å². The van der Waals surface area contributed by atoms with Crippen LogP contribution in [0.3, 0.4) is 0 Å². The SMILES string of the molecule is C=CCn1c(SCC(=O)Nc2cc(C(=O)OCC)ccc2Cl)nnc1-c1cc2ccccc2o1. The summed E-state index contributed by atoms with van der Waals surface area (Å²) in [6.45, 7) is 6.22. The number of esters is 1. The number of carbonyl (C=O) groups excluding carboxylic acids is 2. The number of ether oxygens (including phenoxy) is 1. The number of rotatable bonds is 9. The van der Waals surface area contributed by atoms with Crippen LogP contribution in [0, 0.1) is 0 Å². The van der Waals surface area contributed by atoms with Gasteiger partial charge in [-0.2, -0.15) is 0 Å².